The summed E-state index contributed by atoms with van der Waals surface area (Å²) in [7, 11) is -1.45. The van der Waals surface area contributed by atoms with Crippen LogP contribution < -0.4 is 22.5 Å². The van der Waals surface area contributed by atoms with Crippen molar-refractivity contribution in [3.63, 3.8) is 0 Å². The number of esters is 1. The summed E-state index contributed by atoms with van der Waals surface area (Å²) in [4.78, 5) is 48.4. The fourth-order valence-corrected chi connectivity index (χ4v) is 13.1. The van der Waals surface area contributed by atoms with E-state index < -0.39 is 43.1 Å². The molecule has 2 aliphatic carbocycles. The maximum atomic E-state index is 14.8. The number of aliphatic carboxylic acids is 1. The predicted molar refractivity (Wildman–Crippen MR) is 269 cm³/mol. The molecule has 0 amide bonds. The van der Waals surface area contributed by atoms with Gasteiger partial charge in [-0.3, -0.25) is 14.6 Å². The van der Waals surface area contributed by atoms with Crippen molar-refractivity contribution >= 4 is 106 Å². The van der Waals surface area contributed by atoms with E-state index in [1.54, 1.807) is 33.2 Å². The number of carboxylic acids is 1. The number of nitrogens with zero attached hydrogens (tertiary/aromatic N) is 8. The minimum Gasteiger partial charge on any atom is -0.480 e. The van der Waals surface area contributed by atoms with Crippen LogP contribution in [0.4, 0.5) is 11.6 Å². The first-order chi connectivity index (χ1) is 32.0. The van der Waals surface area contributed by atoms with Crippen LogP contribution >= 0.6 is 28.6 Å². The monoisotopic (exact) mass is 1060 g/mol. The second kappa shape index (κ2) is 21.5. The number of benzene rings is 2. The topological polar surface area (TPSA) is 285 Å². The average molecular weight is 1060 g/mol. The number of thiol groups is 1. The largest absolute Gasteiger partial charge is 0.480 e. The zero-order valence-electron chi connectivity index (χ0n) is 38.9. The Morgan fingerprint density at radius 1 is 0.809 bits per heavy atom. The van der Waals surface area contributed by atoms with Crippen molar-refractivity contribution in [2.45, 2.75) is 84.1 Å². The Morgan fingerprint density at radius 3 is 1.88 bits per heavy atom. The first-order valence-electron chi connectivity index (χ1n) is 22.2. The van der Waals surface area contributed by atoms with Gasteiger partial charge in [-0.1, -0.05) is 44.7 Å². The fraction of sp³-hybridized carbons (Fsp3) is 0.500. The quantitative estimate of drug-likeness (QED) is 0.0314. The lowest BCUT2D eigenvalue weighted by Gasteiger charge is -2.38. The molecule has 68 heavy (non-hydrogen) atoms. The molecule has 0 saturated heterocycles. The minimum atomic E-state index is -4.35. The molecule has 0 bridgehead atoms. The molecular formula is C44H61BrN12O8S3. The number of carboxylic acid groups (broad SMARTS) is 1. The Kier molecular flexibility index (Phi) is 16.7. The number of hydrogen-bond donors (Lipinski definition) is 6. The molecule has 0 spiro atoms. The van der Waals surface area contributed by atoms with E-state index in [0.29, 0.717) is 69.7 Å². The second-order valence-electron chi connectivity index (χ2n) is 18.0. The van der Waals surface area contributed by atoms with Gasteiger partial charge in [0.1, 0.15) is 16.9 Å². The van der Waals surface area contributed by atoms with Crippen molar-refractivity contribution in [3.05, 3.63) is 53.3 Å². The van der Waals surface area contributed by atoms with Gasteiger partial charge in [-0.15, -0.1) is 12.6 Å². The second-order valence-corrected chi connectivity index (χ2v) is 23.0. The summed E-state index contributed by atoms with van der Waals surface area (Å²) in [5, 5.41) is 15.4. The van der Waals surface area contributed by atoms with Crippen molar-refractivity contribution in [1.29, 1.82) is 0 Å². The minimum absolute atomic E-state index is 0.000156. The van der Waals surface area contributed by atoms with Gasteiger partial charge in [0.15, 0.2) is 17.7 Å². The highest BCUT2D eigenvalue weighted by Gasteiger charge is 2.53. The van der Waals surface area contributed by atoms with Crippen LogP contribution in [-0.2, 0) is 34.4 Å². The predicted octanol–water partition coefficient (Wildman–Crippen LogP) is 4.16. The Bertz CT molecular complexity index is 2810. The number of likely N-dealkylation sites (N-methyl/N-ethyl adjacent to an activating group) is 2. The van der Waals surface area contributed by atoms with Crippen LogP contribution in [0.15, 0.2) is 77.9 Å². The van der Waals surface area contributed by atoms with Gasteiger partial charge in [-0.25, -0.2) is 26.8 Å². The normalized spacial score (nSPS) is 16.8. The number of sulfonamides is 2. The molecule has 2 heterocycles. The van der Waals surface area contributed by atoms with E-state index in [-0.39, 0.29) is 91.2 Å². The van der Waals surface area contributed by atoms with Gasteiger partial charge in [0, 0.05) is 81.9 Å². The van der Waals surface area contributed by atoms with Gasteiger partial charge in [-0.05, 0) is 94.1 Å². The number of rotatable bonds is 20. The summed E-state index contributed by atoms with van der Waals surface area (Å²) in [5.74, 6) is -2.20. The van der Waals surface area contributed by atoms with Crippen LogP contribution in [-0.4, -0.2) is 153 Å². The van der Waals surface area contributed by atoms with Crippen LogP contribution in [0.2, 0.25) is 0 Å². The number of hydrogen-bond acceptors (Lipinski definition) is 14. The van der Waals surface area contributed by atoms with Crippen molar-refractivity contribution in [2.75, 3.05) is 72.8 Å². The molecule has 4 aromatic rings. The number of halogens is 1. The molecule has 6 rings (SSSR count). The van der Waals surface area contributed by atoms with Crippen LogP contribution in [0.25, 0.3) is 21.5 Å². The van der Waals surface area contributed by atoms with E-state index in [1.807, 2.05) is 23.9 Å². The number of carbonyl (C=O) groups excluding carboxylic acids is 1. The Hall–Kier alpha value is -4.69. The maximum Gasteiger partial charge on any atom is 0.327 e. The van der Waals surface area contributed by atoms with Crippen molar-refractivity contribution in [2.24, 2.45) is 33.1 Å². The maximum absolute atomic E-state index is 14.8. The number of carbonyl (C=O) groups is 2. The Morgan fingerprint density at radius 2 is 1.34 bits per heavy atom. The third-order valence-corrected chi connectivity index (χ3v) is 17.4. The van der Waals surface area contributed by atoms with Gasteiger partial charge in [0.05, 0.1) is 16.4 Å². The summed E-state index contributed by atoms with van der Waals surface area (Å²) in [6.07, 6.45) is 6.33. The summed E-state index contributed by atoms with van der Waals surface area (Å²) in [6.45, 7) is 2.41. The summed E-state index contributed by atoms with van der Waals surface area (Å²) >= 11 is 8.00. The number of guanidine groups is 2. The molecule has 2 aliphatic rings. The number of ether oxygens (including phenoxy) is 1. The molecule has 24 heteroatoms. The Labute approximate surface area is 411 Å². The number of anilines is 1. The molecule has 370 valence electrons. The Balaban J connectivity index is 1.21. The molecule has 2 aromatic carbocycles. The van der Waals surface area contributed by atoms with Crippen LogP contribution in [0.5, 0.6) is 0 Å². The number of pyridine rings is 2. The molecule has 8 N–H and O–H groups in total. The van der Waals surface area contributed by atoms with E-state index in [1.165, 1.54) is 41.0 Å². The van der Waals surface area contributed by atoms with Crippen LogP contribution in [0.3, 0.4) is 0 Å². The lowest BCUT2D eigenvalue weighted by molar-refractivity contribution is -0.156. The summed E-state index contributed by atoms with van der Waals surface area (Å²) in [5.41, 5.74) is 14.6. The van der Waals surface area contributed by atoms with Gasteiger partial charge in [0.25, 0.3) is 0 Å². The summed E-state index contributed by atoms with van der Waals surface area (Å²) in [6, 6.07) is 9.05. The highest BCUT2D eigenvalue weighted by Crippen LogP contribution is 2.42. The van der Waals surface area contributed by atoms with Crippen molar-refractivity contribution in [3.8, 4) is 0 Å². The molecule has 2 aromatic heterocycles. The molecule has 20 nitrogen and oxygen atoms in total. The lowest BCUT2D eigenvalue weighted by Crippen LogP contribution is -2.57. The third kappa shape index (κ3) is 11.2. The number of aliphatic imine (C=N–C) groups is 2. The number of fused-ring (bicyclic) bond motifs is 2. The molecular weight excluding hydrogens is 1000 g/mol. The molecule has 2 fully saturated rings. The number of nitrogens with two attached hydrogens (primary N) is 3. The van der Waals surface area contributed by atoms with Gasteiger partial charge in [-0.2, -0.15) is 13.6 Å². The van der Waals surface area contributed by atoms with E-state index in [4.69, 9.17) is 21.9 Å². The SMILES string of the molecule is CC(CN=C(N)Nc1ncc(Br)c2ccc(S(=O)(=O)N(CCN(C)C)C3(C(=O)O)CCCC3)cc12)COC(=O)C1(N(CCN(C)C)S(=O)(=O)c2ccc3c(S)cnc(N=C(N)N)c3c2)CCCC1. The van der Waals surface area contributed by atoms with Gasteiger partial charge < -0.3 is 42.2 Å². The standard InChI is InChI=1S/C44H61BrN12O8S3/c1-28(24-51-42(48)53-38-33-22-29(10-12-31(33)35(45)25-49-38)67(61,62)56(20-18-54(2)3)43(39(58)59)14-6-7-15-43)27-65-40(60)44(16-8-9-17-44)57(21-19-55(4)5)68(63,64)30-11-13-32-34(23-30)37(52-41(46)47)50-26-36(32)66/h10-13,22-23,25-26,28,66H,6-9,14-21,24,27H2,1-5H3,(H,58,59)(H4,46,47,50,52)(H3,48,49,51,53). The molecule has 1 atom stereocenters. The zero-order chi connectivity index (χ0) is 49.8. The summed E-state index contributed by atoms with van der Waals surface area (Å²) < 4.78 is 67.4. The smallest absolute Gasteiger partial charge is 0.327 e. The van der Waals surface area contributed by atoms with Crippen LogP contribution in [0, 0.1) is 5.92 Å². The molecule has 0 radical (unpaired) electrons. The van der Waals surface area contributed by atoms with E-state index in [0.717, 1.165) is 4.31 Å². The van der Waals surface area contributed by atoms with Crippen molar-refractivity contribution in [1.82, 2.24) is 28.4 Å². The van der Waals surface area contributed by atoms with Gasteiger partial charge >= 0.3 is 11.9 Å². The van der Waals surface area contributed by atoms with Crippen molar-refractivity contribution < 1.29 is 36.3 Å². The highest BCUT2D eigenvalue weighted by atomic mass is 79.9. The van der Waals surface area contributed by atoms with E-state index >= 15 is 0 Å². The highest BCUT2D eigenvalue weighted by molar-refractivity contribution is 9.10. The first kappa shape index (κ1) is 52.7. The zero-order valence-corrected chi connectivity index (χ0v) is 43.0. The van der Waals surface area contributed by atoms with Gasteiger partial charge in [0.2, 0.25) is 20.0 Å². The number of nitrogens with one attached hydrogen (secondary N) is 1. The van der Waals surface area contributed by atoms with E-state index in [2.05, 4.69) is 53.8 Å². The molecule has 0 aliphatic heterocycles. The fourth-order valence-electron chi connectivity index (χ4n) is 8.84. The number of aromatic nitrogens is 2. The average Bonchev–Trinajstić information content (AvgIpc) is 3.99. The lowest BCUT2D eigenvalue weighted by atomic mass is 9.97. The van der Waals surface area contributed by atoms with E-state index in [9.17, 15) is 31.5 Å². The third-order valence-electron chi connectivity index (χ3n) is 12.5. The molecule has 2 saturated carbocycles. The van der Waals surface area contributed by atoms with Crippen LogP contribution in [0.1, 0.15) is 58.3 Å². The molecule has 1 unspecified atom stereocenters. The first-order valence-corrected chi connectivity index (χ1v) is 26.3.